The number of aliphatic hydroxyl groups excluding tert-OH is 1. The minimum atomic E-state index is -3.60. The van der Waals surface area contributed by atoms with Crippen molar-refractivity contribution in [3.63, 3.8) is 0 Å². The summed E-state index contributed by atoms with van der Waals surface area (Å²) in [6, 6.07) is 9.49. The maximum absolute atomic E-state index is 9.95. The molecule has 86 valence electrons. The molecule has 0 spiro atoms. The maximum Gasteiger partial charge on any atom is 0.274 e. The van der Waals surface area contributed by atoms with Crippen LogP contribution in [0.25, 0.3) is 0 Å². The number of nitrogen functional groups attached to an aromatic ring is 1. The fourth-order valence-corrected chi connectivity index (χ4v) is 1.02. The predicted octanol–water partition coefficient (Wildman–Crippen LogP) is -0.959. The van der Waals surface area contributed by atoms with E-state index in [1.165, 1.54) is 0 Å². The van der Waals surface area contributed by atoms with Crippen molar-refractivity contribution in [3.8, 4) is 0 Å². The van der Waals surface area contributed by atoms with Crippen molar-refractivity contribution in [1.82, 2.24) is 4.72 Å². The van der Waals surface area contributed by atoms with Crippen LogP contribution in [0.2, 0.25) is 0 Å². The molecule has 0 aliphatic rings. The topological polar surface area (TPSA) is 118 Å². The van der Waals surface area contributed by atoms with Crippen molar-refractivity contribution >= 4 is 15.9 Å². The first kappa shape index (κ1) is 13.8. The average Bonchev–Trinajstić information content (AvgIpc) is 2.16. The Bertz CT molecular complexity index is 353. The Hall–Kier alpha value is -1.15. The van der Waals surface area contributed by atoms with Gasteiger partial charge in [0.05, 0.1) is 6.61 Å². The Labute approximate surface area is 89.1 Å². The van der Waals surface area contributed by atoms with Gasteiger partial charge in [-0.1, -0.05) is 18.2 Å². The monoisotopic (exact) mass is 233 g/mol. The third kappa shape index (κ3) is 10.8. The zero-order valence-electron chi connectivity index (χ0n) is 8.13. The molecule has 0 bridgehead atoms. The number of aliphatic hydroxyl groups is 1. The van der Waals surface area contributed by atoms with E-state index in [1.807, 2.05) is 35.1 Å². The second-order valence-corrected chi connectivity index (χ2v) is 3.95. The van der Waals surface area contributed by atoms with E-state index in [4.69, 9.17) is 10.8 Å². The number of rotatable bonds is 3. The molecule has 0 aliphatic carbocycles. The number of anilines is 1. The molecular weight excluding hydrogens is 218 g/mol. The normalized spacial score (nSPS) is 10.3. The molecule has 0 unspecified atom stereocenters. The summed E-state index contributed by atoms with van der Waals surface area (Å²) in [5.74, 6) is 0. The number of benzene rings is 1. The lowest BCUT2D eigenvalue weighted by molar-refractivity contribution is 0.301. The third-order valence-corrected chi connectivity index (χ3v) is 1.82. The zero-order valence-corrected chi connectivity index (χ0v) is 8.94. The quantitative estimate of drug-likeness (QED) is 0.503. The van der Waals surface area contributed by atoms with Gasteiger partial charge in [0.1, 0.15) is 0 Å². The summed E-state index contributed by atoms with van der Waals surface area (Å²) in [5, 5.41) is 12.5. The lowest BCUT2D eigenvalue weighted by Gasteiger charge is -1.94. The van der Waals surface area contributed by atoms with Gasteiger partial charge in [-0.2, -0.15) is 8.42 Å². The van der Waals surface area contributed by atoms with Gasteiger partial charge >= 0.3 is 0 Å². The summed E-state index contributed by atoms with van der Waals surface area (Å²) < 4.78 is 21.8. The predicted molar refractivity (Wildman–Crippen MR) is 59.1 cm³/mol. The molecule has 0 heterocycles. The second-order valence-electron chi connectivity index (χ2n) is 2.57. The van der Waals surface area contributed by atoms with E-state index in [-0.39, 0.29) is 13.2 Å². The van der Waals surface area contributed by atoms with Crippen LogP contribution >= 0.6 is 0 Å². The van der Waals surface area contributed by atoms with Gasteiger partial charge in [0.25, 0.3) is 10.2 Å². The smallest absolute Gasteiger partial charge is 0.274 e. The highest BCUT2D eigenvalue weighted by atomic mass is 32.2. The molecule has 0 aromatic heterocycles. The van der Waals surface area contributed by atoms with Crippen LogP contribution < -0.4 is 15.6 Å². The minimum Gasteiger partial charge on any atom is -0.399 e. The van der Waals surface area contributed by atoms with Crippen LogP contribution in [0.1, 0.15) is 0 Å². The third-order valence-electron chi connectivity index (χ3n) is 1.21. The van der Waals surface area contributed by atoms with Gasteiger partial charge in [0, 0.05) is 12.2 Å². The van der Waals surface area contributed by atoms with Crippen molar-refractivity contribution in [3.05, 3.63) is 30.3 Å². The zero-order chi connectivity index (χ0) is 11.7. The van der Waals surface area contributed by atoms with Gasteiger partial charge in [-0.05, 0) is 12.1 Å². The molecule has 6 N–H and O–H groups in total. The summed E-state index contributed by atoms with van der Waals surface area (Å²) in [5.41, 5.74) is 6.18. The fraction of sp³-hybridized carbons (Fsp3) is 0.250. The van der Waals surface area contributed by atoms with Crippen molar-refractivity contribution in [1.29, 1.82) is 0 Å². The molecule has 0 saturated carbocycles. The minimum absolute atomic E-state index is 0.0289. The maximum atomic E-state index is 9.95. The summed E-state index contributed by atoms with van der Waals surface area (Å²) in [4.78, 5) is 0. The number of nitrogens with one attached hydrogen (secondary N) is 1. The first-order chi connectivity index (χ1) is 6.95. The van der Waals surface area contributed by atoms with E-state index in [2.05, 4.69) is 5.14 Å². The van der Waals surface area contributed by atoms with E-state index in [1.54, 1.807) is 0 Å². The second kappa shape index (κ2) is 7.18. The van der Waals surface area contributed by atoms with E-state index < -0.39 is 10.2 Å². The van der Waals surface area contributed by atoms with E-state index in [0.717, 1.165) is 5.69 Å². The first-order valence-corrected chi connectivity index (χ1v) is 5.69. The van der Waals surface area contributed by atoms with Crippen LogP contribution in [0.15, 0.2) is 30.3 Å². The summed E-state index contributed by atoms with van der Waals surface area (Å²) in [6.45, 7) is -0.269. The van der Waals surface area contributed by atoms with Gasteiger partial charge in [0.15, 0.2) is 0 Å². The molecule has 1 rings (SSSR count). The molecule has 1 aromatic rings. The highest BCUT2D eigenvalue weighted by molar-refractivity contribution is 7.87. The number of hydrogen-bond acceptors (Lipinski definition) is 4. The Morgan fingerprint density at radius 3 is 2.00 bits per heavy atom. The van der Waals surface area contributed by atoms with E-state index >= 15 is 0 Å². The van der Waals surface area contributed by atoms with Crippen LogP contribution in [0.3, 0.4) is 0 Å². The van der Waals surface area contributed by atoms with Crippen LogP contribution in [0.5, 0.6) is 0 Å². The molecule has 0 amide bonds. The Morgan fingerprint density at radius 1 is 1.27 bits per heavy atom. The van der Waals surface area contributed by atoms with Crippen LogP contribution in [-0.2, 0) is 10.2 Å². The first-order valence-electron chi connectivity index (χ1n) is 4.14. The number of hydrogen-bond donors (Lipinski definition) is 4. The Morgan fingerprint density at radius 2 is 1.80 bits per heavy atom. The van der Waals surface area contributed by atoms with Crippen molar-refractivity contribution in [2.45, 2.75) is 0 Å². The molecule has 0 saturated heterocycles. The van der Waals surface area contributed by atoms with Crippen LogP contribution in [0.4, 0.5) is 5.69 Å². The molecule has 0 atom stereocenters. The Balaban J connectivity index is 0.000000262. The summed E-state index contributed by atoms with van der Waals surface area (Å²) >= 11 is 0. The van der Waals surface area contributed by atoms with E-state index in [9.17, 15) is 8.42 Å². The van der Waals surface area contributed by atoms with Crippen molar-refractivity contribution < 1.29 is 13.5 Å². The van der Waals surface area contributed by atoms with Crippen molar-refractivity contribution in [2.75, 3.05) is 18.9 Å². The Kier molecular flexibility index (Phi) is 6.63. The van der Waals surface area contributed by atoms with Gasteiger partial charge < -0.3 is 10.8 Å². The van der Waals surface area contributed by atoms with Gasteiger partial charge in [0.2, 0.25) is 0 Å². The standard InChI is InChI=1S/C6H7N.C2H8N2O3S/c7-6-4-2-1-3-5-6;3-8(6,7)4-1-2-5/h1-5H,7H2;4-5H,1-2H2,(H2,3,6,7). The van der Waals surface area contributed by atoms with E-state index in [0.29, 0.717) is 0 Å². The fourth-order valence-electron chi connectivity index (χ4n) is 0.641. The summed E-state index contributed by atoms with van der Waals surface area (Å²) in [6.07, 6.45) is 0. The van der Waals surface area contributed by atoms with Crippen LogP contribution in [-0.4, -0.2) is 26.7 Å². The average molecular weight is 233 g/mol. The van der Waals surface area contributed by atoms with Gasteiger partial charge in [-0.3, -0.25) is 0 Å². The largest absolute Gasteiger partial charge is 0.399 e. The lowest BCUT2D eigenvalue weighted by atomic mass is 10.3. The summed E-state index contributed by atoms with van der Waals surface area (Å²) in [7, 11) is -3.60. The number of nitrogens with two attached hydrogens (primary N) is 2. The number of para-hydroxylation sites is 1. The van der Waals surface area contributed by atoms with Crippen LogP contribution in [0, 0.1) is 0 Å². The molecule has 7 heteroatoms. The molecular formula is C8H15N3O3S. The molecule has 0 aliphatic heterocycles. The lowest BCUT2D eigenvalue weighted by Crippen LogP contribution is -2.32. The van der Waals surface area contributed by atoms with Crippen molar-refractivity contribution in [2.24, 2.45) is 5.14 Å². The highest BCUT2D eigenvalue weighted by Gasteiger charge is 1.95. The molecule has 0 radical (unpaired) electrons. The molecule has 15 heavy (non-hydrogen) atoms. The van der Waals surface area contributed by atoms with Gasteiger partial charge in [-0.15, -0.1) is 0 Å². The molecule has 1 aromatic carbocycles. The molecule has 0 fully saturated rings. The SMILES string of the molecule is NS(=O)(=O)NCCO.Nc1ccccc1. The van der Waals surface area contributed by atoms with Gasteiger partial charge in [-0.25, -0.2) is 9.86 Å². The highest BCUT2D eigenvalue weighted by Crippen LogP contribution is 1.95. The molecule has 6 nitrogen and oxygen atoms in total.